The molecule has 228 valence electrons. The lowest BCUT2D eigenvalue weighted by molar-refractivity contribution is -0.147. The second kappa shape index (κ2) is 11.5. The molecule has 1 aliphatic heterocycles. The maximum atomic E-state index is 13.5. The molecule has 2 aromatic carbocycles. The van der Waals surface area contributed by atoms with E-state index in [0.29, 0.717) is 33.9 Å². The van der Waals surface area contributed by atoms with E-state index in [0.717, 1.165) is 26.2 Å². The quantitative estimate of drug-likeness (QED) is 0.372. The summed E-state index contributed by atoms with van der Waals surface area (Å²) in [6, 6.07) is 7.13. The number of rotatable bonds is 8. The monoisotopic (exact) mass is 644 g/mol. The Morgan fingerprint density at radius 1 is 1.07 bits per heavy atom. The molecule has 1 saturated carbocycles. The van der Waals surface area contributed by atoms with Crippen LogP contribution in [0.25, 0.3) is 21.2 Å². The first-order valence-electron chi connectivity index (χ1n) is 13.6. The number of hydrogen-bond donors (Lipinski definition) is 2. The predicted octanol–water partition coefficient (Wildman–Crippen LogP) is 4.43. The van der Waals surface area contributed by atoms with E-state index < -0.39 is 37.5 Å². The lowest BCUT2D eigenvalue weighted by Gasteiger charge is -2.30. The highest BCUT2D eigenvalue weighted by molar-refractivity contribution is 7.90. The number of hydrogen-bond acceptors (Lipinski definition) is 7. The number of piperidine rings is 1. The highest BCUT2D eigenvalue weighted by atomic mass is 32.2. The molecule has 3 N–H and O–H groups in total. The number of primary sulfonamides is 1. The van der Waals surface area contributed by atoms with Gasteiger partial charge in [0.1, 0.15) is 6.04 Å². The van der Waals surface area contributed by atoms with Crippen LogP contribution in [0.15, 0.2) is 41.3 Å². The number of fused-ring (bicyclic) bond motifs is 1. The van der Waals surface area contributed by atoms with Gasteiger partial charge in [0.05, 0.1) is 20.7 Å². The zero-order valence-corrected chi connectivity index (χ0v) is 25.2. The van der Waals surface area contributed by atoms with Crippen molar-refractivity contribution < 1.29 is 34.8 Å². The van der Waals surface area contributed by atoms with Crippen LogP contribution in [-0.2, 0) is 26.5 Å². The van der Waals surface area contributed by atoms with Gasteiger partial charge in [0.25, 0.3) is 5.91 Å². The second-order valence-electron chi connectivity index (χ2n) is 10.9. The van der Waals surface area contributed by atoms with Crippen LogP contribution in [0.3, 0.4) is 0 Å². The Morgan fingerprint density at radius 3 is 2.29 bits per heavy atom. The average molecular weight is 645 g/mol. The van der Waals surface area contributed by atoms with Crippen molar-refractivity contribution in [3.63, 3.8) is 0 Å². The van der Waals surface area contributed by atoms with Crippen LogP contribution in [0.1, 0.15) is 54.5 Å². The zero-order valence-electron chi connectivity index (χ0n) is 22.7. The number of thiazole rings is 1. The van der Waals surface area contributed by atoms with Gasteiger partial charge in [-0.15, -0.1) is 11.3 Å². The number of halogens is 3. The number of nitrogens with one attached hydrogen (secondary N) is 1. The van der Waals surface area contributed by atoms with Crippen molar-refractivity contribution in [2.45, 2.75) is 67.8 Å². The molecular formula is C27H31F3N4O5S3. The highest BCUT2D eigenvalue weighted by Gasteiger charge is 2.39. The number of likely N-dealkylation sites (tertiary alicyclic amines) is 1. The molecule has 0 radical (unpaired) electrons. The highest BCUT2D eigenvalue weighted by Crippen LogP contribution is 2.41. The predicted molar refractivity (Wildman–Crippen MR) is 154 cm³/mol. The Hall–Kier alpha value is -2.59. The zero-order chi connectivity index (χ0) is 30.4. The Bertz CT molecular complexity index is 1710. The average Bonchev–Trinajstić information content (AvgIpc) is 3.32. The number of aromatic nitrogens is 1. The summed E-state index contributed by atoms with van der Waals surface area (Å²) >= 11 is 1.18. The number of carbonyl (C=O) groups excluding carboxylic acids is 1. The summed E-state index contributed by atoms with van der Waals surface area (Å²) < 4.78 is 90.8. The van der Waals surface area contributed by atoms with Crippen molar-refractivity contribution in [3.05, 3.63) is 47.1 Å². The first-order chi connectivity index (χ1) is 19.6. The van der Waals surface area contributed by atoms with Gasteiger partial charge in [-0.25, -0.2) is 27.0 Å². The van der Waals surface area contributed by atoms with Crippen molar-refractivity contribution in [2.24, 2.45) is 11.1 Å². The summed E-state index contributed by atoms with van der Waals surface area (Å²) in [5.74, 6) is 0.0844. The van der Waals surface area contributed by atoms with E-state index in [1.807, 2.05) is 0 Å². The van der Waals surface area contributed by atoms with Gasteiger partial charge in [0.15, 0.2) is 5.01 Å². The summed E-state index contributed by atoms with van der Waals surface area (Å²) in [5, 5.41) is 5.59. The van der Waals surface area contributed by atoms with Gasteiger partial charge in [-0.2, -0.15) is 17.9 Å². The molecule has 1 saturated heterocycles. The van der Waals surface area contributed by atoms with E-state index in [9.17, 15) is 34.8 Å². The number of alkyl halides is 3. The molecule has 15 heteroatoms. The Balaban J connectivity index is 1.52. The van der Waals surface area contributed by atoms with E-state index in [-0.39, 0.29) is 47.1 Å². The first-order valence-corrected chi connectivity index (χ1v) is 17.5. The lowest BCUT2D eigenvalue weighted by atomic mass is 9.81. The van der Waals surface area contributed by atoms with Crippen LogP contribution in [0, 0.1) is 5.92 Å². The summed E-state index contributed by atoms with van der Waals surface area (Å²) in [4.78, 5) is 20.2. The molecular weight excluding hydrogens is 614 g/mol. The smallest absolute Gasteiger partial charge is 0.337 e. The van der Waals surface area contributed by atoms with E-state index in [4.69, 9.17) is 10.1 Å². The van der Waals surface area contributed by atoms with Gasteiger partial charge in [0, 0.05) is 24.0 Å². The fourth-order valence-corrected chi connectivity index (χ4v) is 8.76. The minimum atomic E-state index is -4.75. The molecule has 3 aromatic rings. The molecule has 1 aromatic heterocycles. The largest absolute Gasteiger partial charge is 0.404 e. The van der Waals surface area contributed by atoms with Crippen LogP contribution in [0.5, 0.6) is 0 Å². The van der Waals surface area contributed by atoms with E-state index in [1.165, 1.54) is 17.4 Å². The summed E-state index contributed by atoms with van der Waals surface area (Å²) in [5.41, 5.74) is 1.34. The Morgan fingerprint density at radius 2 is 1.71 bits per heavy atom. The summed E-state index contributed by atoms with van der Waals surface area (Å²) in [6.07, 6.45) is -0.485. The summed E-state index contributed by atoms with van der Waals surface area (Å²) in [6.45, 7) is 1.20. The van der Waals surface area contributed by atoms with Gasteiger partial charge in [-0.1, -0.05) is 49.6 Å². The van der Waals surface area contributed by atoms with E-state index in [1.54, 1.807) is 40.0 Å². The Labute approximate surface area is 246 Å². The number of sulfonamides is 2. The lowest BCUT2D eigenvalue weighted by Crippen LogP contribution is -2.44. The van der Waals surface area contributed by atoms with Gasteiger partial charge < -0.3 is 4.90 Å². The maximum absolute atomic E-state index is 13.5. The van der Waals surface area contributed by atoms with Crippen molar-refractivity contribution in [1.82, 2.24) is 14.6 Å². The van der Waals surface area contributed by atoms with Gasteiger partial charge in [-0.05, 0) is 43.6 Å². The molecule has 1 amide bonds. The fourth-order valence-electron chi connectivity index (χ4n) is 5.35. The maximum Gasteiger partial charge on any atom is 0.404 e. The van der Waals surface area contributed by atoms with Crippen molar-refractivity contribution >= 4 is 48.1 Å². The number of nitrogens with two attached hydrogens (primary N) is 1. The third-order valence-electron chi connectivity index (χ3n) is 8.02. The molecule has 2 heterocycles. The van der Waals surface area contributed by atoms with E-state index >= 15 is 0 Å². The van der Waals surface area contributed by atoms with Gasteiger partial charge in [-0.3, -0.25) is 4.79 Å². The molecule has 0 spiro atoms. The van der Waals surface area contributed by atoms with Crippen LogP contribution in [0.2, 0.25) is 0 Å². The van der Waals surface area contributed by atoms with Gasteiger partial charge >= 0.3 is 6.18 Å². The topological polar surface area (TPSA) is 140 Å². The molecule has 9 nitrogen and oxygen atoms in total. The van der Waals surface area contributed by atoms with Crippen LogP contribution in [0.4, 0.5) is 13.2 Å². The fraction of sp³-hybridized carbons (Fsp3) is 0.481. The number of carbonyl (C=O) groups is 1. The molecule has 2 aliphatic rings. The van der Waals surface area contributed by atoms with Crippen LogP contribution < -0.4 is 9.86 Å². The Kier molecular flexibility index (Phi) is 8.44. The first kappa shape index (κ1) is 30.9. The molecule has 0 unspecified atom stereocenters. The number of nitrogens with zero attached hydrogens (tertiary/aromatic N) is 2. The number of benzene rings is 2. The summed E-state index contributed by atoms with van der Waals surface area (Å²) in [7, 11) is -8.22. The third kappa shape index (κ3) is 6.34. The molecule has 2 fully saturated rings. The molecule has 1 atom stereocenters. The van der Waals surface area contributed by atoms with Crippen LogP contribution in [-0.4, -0.2) is 63.2 Å². The molecule has 0 bridgehead atoms. The second-order valence-corrected chi connectivity index (χ2v) is 15.4. The van der Waals surface area contributed by atoms with E-state index in [2.05, 4.69) is 0 Å². The SMILES string of the molecule is C[C@H](NS(=O)(=O)c1ccc(-c2sc(C(=O)N3CCC(S(N)(=O)=O)CC3)nc2CC2CCC2)c2ccccc12)C(F)(F)F. The molecule has 42 heavy (non-hydrogen) atoms. The normalized spacial score (nSPS) is 18.3. The van der Waals surface area contributed by atoms with Crippen molar-refractivity contribution in [2.75, 3.05) is 13.1 Å². The minimum absolute atomic E-state index is 0.228. The molecule has 1 aliphatic carbocycles. The standard InChI is InChI=1S/C27H31F3N4O5S3/c1-16(27(28,29)30)33-42(38,39)23-10-9-21(19-7-2-3-8-20(19)23)24-22(15-17-5-4-6-17)32-25(40-24)26(35)34-13-11-18(12-14-34)41(31,36)37/h2-3,7-10,16-18,33H,4-6,11-15H2,1H3,(H2,31,36,37)/t16-/m0/s1. The van der Waals surface area contributed by atoms with Crippen LogP contribution >= 0.6 is 11.3 Å². The minimum Gasteiger partial charge on any atom is -0.337 e. The third-order valence-corrected chi connectivity index (χ3v) is 12.1. The van der Waals surface area contributed by atoms with Crippen molar-refractivity contribution in [1.29, 1.82) is 0 Å². The van der Waals surface area contributed by atoms with Gasteiger partial charge in [0.2, 0.25) is 20.0 Å². The number of amides is 1. The van der Waals surface area contributed by atoms with Crippen molar-refractivity contribution in [3.8, 4) is 10.4 Å². The molecule has 5 rings (SSSR count).